The Hall–Kier alpha value is -2.94. The van der Waals surface area contributed by atoms with Crippen molar-refractivity contribution < 1.29 is 14.4 Å². The summed E-state index contributed by atoms with van der Waals surface area (Å²) in [6, 6.07) is 7.37. The number of likely N-dealkylation sites (tertiary alicyclic amines) is 1. The van der Waals surface area contributed by atoms with Gasteiger partial charge in [-0.25, -0.2) is 0 Å². The van der Waals surface area contributed by atoms with E-state index in [4.69, 9.17) is 16.9 Å². The number of carbonyl (C=O) groups excluding carboxylic acids is 3. The lowest BCUT2D eigenvalue weighted by atomic mass is 10.0. The summed E-state index contributed by atoms with van der Waals surface area (Å²) in [6.45, 7) is 0.892. The summed E-state index contributed by atoms with van der Waals surface area (Å²) in [5.74, 6) is -0.771. The number of guanidine groups is 1. The van der Waals surface area contributed by atoms with Crippen LogP contribution in [0.2, 0.25) is 0 Å². The third-order valence-corrected chi connectivity index (χ3v) is 4.90. The molecule has 29 heavy (non-hydrogen) atoms. The van der Waals surface area contributed by atoms with Gasteiger partial charge in [-0.3, -0.25) is 19.8 Å². The molecule has 1 aliphatic heterocycles. The maximum absolute atomic E-state index is 12.8. The van der Waals surface area contributed by atoms with Crippen LogP contribution >= 0.6 is 0 Å². The first kappa shape index (κ1) is 22.4. The van der Waals surface area contributed by atoms with E-state index in [1.807, 2.05) is 36.6 Å². The Balaban J connectivity index is 1.89. The Bertz CT molecular complexity index is 711. The molecule has 1 radical (unpaired) electrons. The van der Waals surface area contributed by atoms with E-state index in [1.54, 1.807) is 0 Å². The highest BCUT2D eigenvalue weighted by atomic mass is 16.2. The zero-order valence-electron chi connectivity index (χ0n) is 16.4. The minimum absolute atomic E-state index is 0.146. The number of nitrogens with two attached hydrogens (primary N) is 2. The van der Waals surface area contributed by atoms with Crippen molar-refractivity contribution in [2.75, 3.05) is 13.1 Å². The first-order valence-corrected chi connectivity index (χ1v) is 9.78. The SMILES string of the molecule is N=C(N)NCCC[C@H]([C]=O)NC(=O)C1CCCN1C(=O)C(N)Cc1ccccc1. The van der Waals surface area contributed by atoms with Gasteiger partial charge in [-0.05, 0) is 37.7 Å². The Morgan fingerprint density at radius 1 is 1.31 bits per heavy atom. The molecule has 0 bridgehead atoms. The van der Waals surface area contributed by atoms with Crippen molar-refractivity contribution >= 4 is 24.1 Å². The molecule has 1 saturated heterocycles. The highest BCUT2D eigenvalue weighted by Gasteiger charge is 2.36. The highest BCUT2D eigenvalue weighted by molar-refractivity contribution is 5.91. The van der Waals surface area contributed by atoms with E-state index < -0.39 is 18.1 Å². The molecule has 1 aromatic rings. The standard InChI is InChI=1S/C20H29N6O3/c21-16(12-14-6-2-1-3-7-14)19(29)26-11-5-9-17(26)18(28)25-15(13-27)8-4-10-24-20(22)23/h1-3,6-7,15-17H,4-5,8-12,21H2,(H,25,28)(H4,22,23,24)/t15-,16?,17?/m1/s1. The van der Waals surface area contributed by atoms with Gasteiger partial charge in [0.1, 0.15) is 6.04 Å². The van der Waals surface area contributed by atoms with Crippen LogP contribution in [0.4, 0.5) is 0 Å². The summed E-state index contributed by atoms with van der Waals surface area (Å²) in [7, 11) is 0. The predicted octanol–water partition coefficient (Wildman–Crippen LogP) is -0.595. The number of amides is 2. The number of rotatable bonds is 10. The van der Waals surface area contributed by atoms with E-state index in [-0.39, 0.29) is 17.8 Å². The molecule has 2 rings (SSSR count). The maximum Gasteiger partial charge on any atom is 0.243 e. The van der Waals surface area contributed by atoms with Crippen LogP contribution in [0.1, 0.15) is 31.2 Å². The fourth-order valence-electron chi connectivity index (χ4n) is 3.43. The van der Waals surface area contributed by atoms with E-state index in [2.05, 4.69) is 10.6 Å². The minimum atomic E-state index is -0.771. The Labute approximate surface area is 170 Å². The third kappa shape index (κ3) is 6.86. The van der Waals surface area contributed by atoms with E-state index in [0.29, 0.717) is 45.2 Å². The van der Waals surface area contributed by atoms with Crippen molar-refractivity contribution in [1.29, 1.82) is 5.41 Å². The van der Waals surface area contributed by atoms with Gasteiger partial charge in [0, 0.05) is 13.1 Å². The fourth-order valence-corrected chi connectivity index (χ4v) is 3.43. The largest absolute Gasteiger partial charge is 0.370 e. The average Bonchev–Trinajstić information content (AvgIpc) is 3.20. The van der Waals surface area contributed by atoms with Gasteiger partial charge in [-0.1, -0.05) is 30.3 Å². The second-order valence-corrected chi connectivity index (χ2v) is 7.15. The fraction of sp³-hybridized carbons (Fsp3) is 0.500. The van der Waals surface area contributed by atoms with E-state index >= 15 is 0 Å². The number of nitrogens with one attached hydrogen (secondary N) is 3. The number of hydrogen-bond donors (Lipinski definition) is 5. The van der Waals surface area contributed by atoms with Gasteiger partial charge in [0.05, 0.1) is 12.1 Å². The molecule has 0 spiro atoms. The van der Waals surface area contributed by atoms with Gasteiger partial charge in [0.25, 0.3) is 0 Å². The molecule has 7 N–H and O–H groups in total. The number of hydrogen-bond acceptors (Lipinski definition) is 5. The molecule has 2 amide bonds. The number of nitrogens with zero attached hydrogens (tertiary/aromatic N) is 1. The summed E-state index contributed by atoms with van der Waals surface area (Å²) in [5, 5.41) is 12.4. The lowest BCUT2D eigenvalue weighted by Gasteiger charge is -2.27. The lowest BCUT2D eigenvalue weighted by Crippen LogP contribution is -2.53. The molecule has 0 saturated carbocycles. The second kappa shape index (κ2) is 11.2. The molecule has 2 unspecified atom stereocenters. The van der Waals surface area contributed by atoms with Crippen LogP contribution in [0.25, 0.3) is 0 Å². The molecular formula is C20H29N6O3. The Kier molecular flexibility index (Phi) is 8.60. The molecule has 157 valence electrons. The Morgan fingerprint density at radius 2 is 2.03 bits per heavy atom. The number of carbonyl (C=O) groups is 2. The van der Waals surface area contributed by atoms with Crippen LogP contribution in [0.5, 0.6) is 0 Å². The van der Waals surface area contributed by atoms with Crippen molar-refractivity contribution in [2.45, 2.75) is 50.2 Å². The Morgan fingerprint density at radius 3 is 2.69 bits per heavy atom. The molecule has 3 atom stereocenters. The molecular weight excluding hydrogens is 372 g/mol. The van der Waals surface area contributed by atoms with Gasteiger partial charge in [-0.15, -0.1) is 0 Å². The topological polar surface area (TPSA) is 154 Å². The van der Waals surface area contributed by atoms with Crippen molar-refractivity contribution in [2.24, 2.45) is 11.5 Å². The van der Waals surface area contributed by atoms with Gasteiger partial charge in [-0.2, -0.15) is 0 Å². The van der Waals surface area contributed by atoms with Crippen LogP contribution in [0.3, 0.4) is 0 Å². The summed E-state index contributed by atoms with van der Waals surface area (Å²) in [4.78, 5) is 38.2. The van der Waals surface area contributed by atoms with Crippen LogP contribution < -0.4 is 22.1 Å². The molecule has 0 aliphatic carbocycles. The summed E-state index contributed by atoms with van der Waals surface area (Å²) in [5.41, 5.74) is 12.3. The normalized spacial score (nSPS) is 18.0. The highest BCUT2D eigenvalue weighted by Crippen LogP contribution is 2.19. The summed E-state index contributed by atoms with van der Waals surface area (Å²) >= 11 is 0. The van der Waals surface area contributed by atoms with Crippen molar-refractivity contribution in [1.82, 2.24) is 15.5 Å². The van der Waals surface area contributed by atoms with Gasteiger partial charge in [0.2, 0.25) is 18.1 Å². The second-order valence-electron chi connectivity index (χ2n) is 7.15. The molecule has 1 aromatic carbocycles. The van der Waals surface area contributed by atoms with E-state index in [1.165, 1.54) is 4.90 Å². The molecule has 1 fully saturated rings. The van der Waals surface area contributed by atoms with Crippen LogP contribution in [-0.4, -0.2) is 60.2 Å². The lowest BCUT2D eigenvalue weighted by molar-refractivity contribution is -0.139. The van der Waals surface area contributed by atoms with E-state index in [0.717, 1.165) is 5.56 Å². The number of benzene rings is 1. The van der Waals surface area contributed by atoms with Crippen LogP contribution in [0, 0.1) is 5.41 Å². The van der Waals surface area contributed by atoms with Gasteiger partial charge < -0.3 is 27.0 Å². The average molecular weight is 401 g/mol. The molecule has 1 heterocycles. The zero-order valence-corrected chi connectivity index (χ0v) is 16.4. The smallest absolute Gasteiger partial charge is 0.243 e. The van der Waals surface area contributed by atoms with Crippen LogP contribution in [-0.2, 0) is 20.8 Å². The minimum Gasteiger partial charge on any atom is -0.370 e. The molecule has 1 aliphatic rings. The van der Waals surface area contributed by atoms with E-state index in [9.17, 15) is 14.4 Å². The first-order chi connectivity index (χ1) is 13.9. The monoisotopic (exact) mass is 401 g/mol. The quantitative estimate of drug-likeness (QED) is 0.200. The van der Waals surface area contributed by atoms with Gasteiger partial charge >= 0.3 is 0 Å². The first-order valence-electron chi connectivity index (χ1n) is 9.78. The zero-order chi connectivity index (χ0) is 21.2. The summed E-state index contributed by atoms with van der Waals surface area (Å²) < 4.78 is 0. The third-order valence-electron chi connectivity index (χ3n) is 4.90. The molecule has 9 nitrogen and oxygen atoms in total. The maximum atomic E-state index is 12.8. The van der Waals surface area contributed by atoms with Crippen molar-refractivity contribution in [3.05, 3.63) is 35.9 Å². The molecule has 9 heteroatoms. The summed E-state index contributed by atoms with van der Waals surface area (Å²) in [6.07, 6.45) is 4.37. The van der Waals surface area contributed by atoms with Crippen LogP contribution in [0.15, 0.2) is 30.3 Å². The van der Waals surface area contributed by atoms with Gasteiger partial charge in [0.15, 0.2) is 5.96 Å². The van der Waals surface area contributed by atoms with Crippen molar-refractivity contribution in [3.8, 4) is 0 Å². The van der Waals surface area contributed by atoms with Crippen molar-refractivity contribution in [3.63, 3.8) is 0 Å². The predicted molar refractivity (Wildman–Crippen MR) is 110 cm³/mol. The molecule has 0 aromatic heterocycles.